The number of ether oxygens (including phenoxy) is 3. The minimum atomic E-state index is -0.679. The first-order chi connectivity index (χ1) is 11.5. The average Bonchev–Trinajstić information content (AvgIpc) is 2.54. The maximum Gasteiger partial charge on any atom is 0.338 e. The van der Waals surface area contributed by atoms with Crippen molar-refractivity contribution in [2.24, 2.45) is 0 Å². The Bertz CT molecular complexity index is 674. The molecule has 0 fully saturated rings. The van der Waals surface area contributed by atoms with Gasteiger partial charge in [0.2, 0.25) is 0 Å². The van der Waals surface area contributed by atoms with Gasteiger partial charge in [0.25, 0.3) is 0 Å². The molecule has 0 saturated heterocycles. The molecule has 0 spiro atoms. The van der Waals surface area contributed by atoms with Gasteiger partial charge in [-0.2, -0.15) is 0 Å². The third-order valence-corrected chi connectivity index (χ3v) is 4.01. The standard InChI is InChI=1S/C16H19BrN2O5/c1-9-13(15(20)24-7-6-22-2)14(19-16(21)18-9)11-8-10(17)4-5-12(11)23-3/h4-5,8,14H,6-7H2,1-3H3,(H2,18,19,21). The van der Waals surface area contributed by atoms with Crippen molar-refractivity contribution in [3.8, 4) is 5.75 Å². The Kier molecular flexibility index (Phi) is 6.22. The molecule has 24 heavy (non-hydrogen) atoms. The van der Waals surface area contributed by atoms with E-state index in [-0.39, 0.29) is 6.61 Å². The van der Waals surface area contributed by atoms with Gasteiger partial charge in [0.05, 0.1) is 25.3 Å². The van der Waals surface area contributed by atoms with Gasteiger partial charge >= 0.3 is 12.0 Å². The van der Waals surface area contributed by atoms with Crippen LogP contribution in [0.4, 0.5) is 4.79 Å². The van der Waals surface area contributed by atoms with E-state index in [4.69, 9.17) is 14.2 Å². The highest BCUT2D eigenvalue weighted by Crippen LogP contribution is 2.35. The molecule has 0 bridgehead atoms. The Morgan fingerprint density at radius 2 is 2.04 bits per heavy atom. The second kappa shape index (κ2) is 8.16. The van der Waals surface area contributed by atoms with Crippen molar-refractivity contribution in [3.05, 3.63) is 39.5 Å². The van der Waals surface area contributed by atoms with Crippen LogP contribution in [0.15, 0.2) is 33.9 Å². The Balaban J connectivity index is 2.41. The number of hydrogen-bond donors (Lipinski definition) is 2. The monoisotopic (exact) mass is 398 g/mol. The van der Waals surface area contributed by atoms with E-state index in [9.17, 15) is 9.59 Å². The number of methoxy groups -OCH3 is 2. The number of allylic oxidation sites excluding steroid dienone is 1. The minimum absolute atomic E-state index is 0.127. The molecular weight excluding hydrogens is 380 g/mol. The van der Waals surface area contributed by atoms with Gasteiger partial charge < -0.3 is 24.8 Å². The van der Waals surface area contributed by atoms with Crippen molar-refractivity contribution in [3.63, 3.8) is 0 Å². The van der Waals surface area contributed by atoms with Gasteiger partial charge in [-0.25, -0.2) is 9.59 Å². The van der Waals surface area contributed by atoms with Crippen LogP contribution in [0.25, 0.3) is 0 Å². The molecule has 0 aliphatic carbocycles. The molecule has 2 N–H and O–H groups in total. The summed E-state index contributed by atoms with van der Waals surface area (Å²) in [5.41, 5.74) is 1.41. The van der Waals surface area contributed by atoms with Gasteiger partial charge in [-0.05, 0) is 25.1 Å². The van der Waals surface area contributed by atoms with Crippen LogP contribution >= 0.6 is 15.9 Å². The smallest absolute Gasteiger partial charge is 0.338 e. The van der Waals surface area contributed by atoms with Crippen molar-refractivity contribution in [1.82, 2.24) is 10.6 Å². The van der Waals surface area contributed by atoms with Gasteiger partial charge in [0.1, 0.15) is 12.4 Å². The largest absolute Gasteiger partial charge is 0.496 e. The van der Waals surface area contributed by atoms with Gasteiger partial charge in [-0.1, -0.05) is 15.9 Å². The SMILES string of the molecule is COCCOC(=O)C1=C(C)NC(=O)NC1c1cc(Br)ccc1OC. The summed E-state index contributed by atoms with van der Waals surface area (Å²) in [6.07, 6.45) is 0. The molecule has 1 aliphatic heterocycles. The molecule has 1 aromatic carbocycles. The van der Waals surface area contributed by atoms with E-state index < -0.39 is 18.0 Å². The summed E-state index contributed by atoms with van der Waals surface area (Å²) in [6, 6.07) is 4.30. The lowest BCUT2D eigenvalue weighted by atomic mass is 9.95. The summed E-state index contributed by atoms with van der Waals surface area (Å²) in [6.45, 7) is 2.08. The first kappa shape index (κ1) is 18.3. The van der Waals surface area contributed by atoms with E-state index in [1.165, 1.54) is 14.2 Å². The molecule has 130 valence electrons. The number of urea groups is 1. The zero-order valence-corrected chi connectivity index (χ0v) is 15.2. The zero-order chi connectivity index (χ0) is 17.7. The van der Waals surface area contributed by atoms with Crippen molar-refractivity contribution in [1.29, 1.82) is 0 Å². The molecule has 0 saturated carbocycles. The first-order valence-corrected chi connectivity index (χ1v) is 8.05. The first-order valence-electron chi connectivity index (χ1n) is 7.25. The predicted octanol–water partition coefficient (Wildman–Crippen LogP) is 2.28. The molecule has 1 aromatic rings. The summed E-state index contributed by atoms with van der Waals surface area (Å²) in [7, 11) is 3.05. The van der Waals surface area contributed by atoms with Gasteiger partial charge in [-0.3, -0.25) is 0 Å². The van der Waals surface area contributed by atoms with Crippen molar-refractivity contribution in [2.75, 3.05) is 27.4 Å². The lowest BCUT2D eigenvalue weighted by Gasteiger charge is -2.29. The van der Waals surface area contributed by atoms with E-state index >= 15 is 0 Å². The van der Waals surface area contributed by atoms with Gasteiger partial charge in [-0.15, -0.1) is 0 Å². The number of rotatable bonds is 6. The Morgan fingerprint density at radius 1 is 1.29 bits per heavy atom. The number of esters is 1. The number of benzene rings is 1. The van der Waals surface area contributed by atoms with Crippen LogP contribution in [0.1, 0.15) is 18.5 Å². The molecule has 1 unspecified atom stereocenters. The van der Waals surface area contributed by atoms with E-state index in [1.807, 2.05) is 6.07 Å². The van der Waals surface area contributed by atoms with Crippen LogP contribution in [0.3, 0.4) is 0 Å². The normalized spacial score (nSPS) is 17.2. The van der Waals surface area contributed by atoms with Crippen LogP contribution in [-0.2, 0) is 14.3 Å². The second-order valence-electron chi connectivity index (χ2n) is 5.09. The molecule has 2 rings (SSSR count). The number of carbonyl (C=O) groups excluding carboxylic acids is 2. The molecular formula is C16H19BrN2O5. The summed E-state index contributed by atoms with van der Waals surface area (Å²) in [5.74, 6) is 0.0319. The van der Waals surface area contributed by atoms with Crippen molar-refractivity contribution >= 4 is 27.9 Å². The number of carbonyl (C=O) groups is 2. The van der Waals surface area contributed by atoms with Crippen LogP contribution < -0.4 is 15.4 Å². The molecule has 7 nitrogen and oxygen atoms in total. The number of nitrogens with one attached hydrogen (secondary N) is 2. The van der Waals surface area contributed by atoms with E-state index in [0.29, 0.717) is 29.2 Å². The highest BCUT2D eigenvalue weighted by Gasteiger charge is 2.34. The molecule has 2 amide bonds. The maximum absolute atomic E-state index is 12.5. The fraction of sp³-hybridized carbons (Fsp3) is 0.375. The predicted molar refractivity (Wildman–Crippen MR) is 90.6 cm³/mol. The third-order valence-electron chi connectivity index (χ3n) is 3.51. The van der Waals surface area contributed by atoms with E-state index in [0.717, 1.165) is 4.47 Å². The average molecular weight is 399 g/mol. The van der Waals surface area contributed by atoms with Crippen LogP contribution in [-0.4, -0.2) is 39.4 Å². The number of amides is 2. The Morgan fingerprint density at radius 3 is 2.71 bits per heavy atom. The topological polar surface area (TPSA) is 85.9 Å². The Hall–Kier alpha value is -2.06. The van der Waals surface area contributed by atoms with E-state index in [1.54, 1.807) is 19.1 Å². The molecule has 0 radical (unpaired) electrons. The fourth-order valence-corrected chi connectivity index (χ4v) is 2.80. The quantitative estimate of drug-likeness (QED) is 0.566. The maximum atomic E-state index is 12.5. The third kappa shape index (κ3) is 4.07. The van der Waals surface area contributed by atoms with Crippen LogP contribution in [0.5, 0.6) is 5.75 Å². The van der Waals surface area contributed by atoms with Gasteiger partial charge in [0, 0.05) is 22.8 Å². The Labute approximate surface area is 148 Å². The van der Waals surface area contributed by atoms with Gasteiger partial charge in [0.15, 0.2) is 0 Å². The number of hydrogen-bond acceptors (Lipinski definition) is 5. The summed E-state index contributed by atoms with van der Waals surface area (Å²) in [4.78, 5) is 24.4. The fourth-order valence-electron chi connectivity index (χ4n) is 2.42. The van der Waals surface area contributed by atoms with Crippen LogP contribution in [0.2, 0.25) is 0 Å². The summed E-state index contributed by atoms with van der Waals surface area (Å²) >= 11 is 3.40. The molecule has 0 aromatic heterocycles. The molecule has 8 heteroatoms. The minimum Gasteiger partial charge on any atom is -0.496 e. The summed E-state index contributed by atoms with van der Waals surface area (Å²) < 4.78 is 16.3. The lowest BCUT2D eigenvalue weighted by molar-refractivity contribution is -0.140. The summed E-state index contributed by atoms with van der Waals surface area (Å²) in [5, 5.41) is 5.34. The van der Waals surface area contributed by atoms with Crippen molar-refractivity contribution < 1.29 is 23.8 Å². The van der Waals surface area contributed by atoms with E-state index in [2.05, 4.69) is 26.6 Å². The van der Waals surface area contributed by atoms with Crippen LogP contribution in [0, 0.1) is 0 Å². The second-order valence-corrected chi connectivity index (χ2v) is 6.00. The molecule has 1 aliphatic rings. The lowest BCUT2D eigenvalue weighted by Crippen LogP contribution is -2.45. The molecule has 1 heterocycles. The highest BCUT2D eigenvalue weighted by atomic mass is 79.9. The zero-order valence-electron chi connectivity index (χ0n) is 13.6. The highest BCUT2D eigenvalue weighted by molar-refractivity contribution is 9.10. The molecule has 1 atom stereocenters. The van der Waals surface area contributed by atoms with Crippen molar-refractivity contribution in [2.45, 2.75) is 13.0 Å². The number of halogens is 1.